The van der Waals surface area contributed by atoms with Gasteiger partial charge >= 0.3 is 17.9 Å². The second-order valence-corrected chi connectivity index (χ2v) is 12.1. The van der Waals surface area contributed by atoms with Crippen molar-refractivity contribution in [3.63, 3.8) is 0 Å². The van der Waals surface area contributed by atoms with Crippen molar-refractivity contribution in [2.75, 3.05) is 5.75 Å². The molecule has 0 aromatic rings. The van der Waals surface area contributed by atoms with Gasteiger partial charge in [0.15, 0.2) is 0 Å². The maximum absolute atomic E-state index is 12.0. The van der Waals surface area contributed by atoms with Crippen molar-refractivity contribution in [1.82, 2.24) is 0 Å². The first-order valence-corrected chi connectivity index (χ1v) is 14.1. The average molecular weight is 515 g/mol. The number of ether oxygens (including phenoxy) is 1. The quantitative estimate of drug-likeness (QED) is 0.0764. The second-order valence-electron chi connectivity index (χ2n) is 8.88. The normalized spacial score (nSPS) is 19.0. The second kappa shape index (κ2) is 16.5. The average Bonchev–Trinajstić information content (AvgIpc) is 3.05. The van der Waals surface area contributed by atoms with E-state index in [-0.39, 0.29) is 0 Å². The molecule has 186 valence electrons. The van der Waals surface area contributed by atoms with Gasteiger partial charge in [-0.2, -0.15) is 0 Å². The Morgan fingerprint density at radius 2 is 1.58 bits per heavy atom. The Labute approximate surface area is 212 Å². The first-order valence-electron chi connectivity index (χ1n) is 11.9. The van der Waals surface area contributed by atoms with Crippen LogP contribution < -0.4 is 0 Å². The molecule has 1 rings (SSSR count). The lowest BCUT2D eigenvalue weighted by molar-refractivity contribution is -0.160. The van der Waals surface area contributed by atoms with E-state index in [2.05, 4.69) is 11.7 Å². The Bertz CT molecular complexity index is 715. The van der Waals surface area contributed by atoms with Crippen molar-refractivity contribution < 1.29 is 24.2 Å². The fraction of sp³-hybridized carbons (Fsp3) is 0.680. The molecule has 0 aromatic heterocycles. The highest BCUT2D eigenvalue weighted by atomic mass is 32.2. The molecule has 1 aliphatic rings. The number of carbonyl (C=O) groups excluding carboxylic acids is 2. The molecule has 2 atom stereocenters. The Hall–Kier alpha value is -1.12. The number of hydrogen-bond donors (Lipinski definition) is 1. The zero-order valence-corrected chi connectivity index (χ0v) is 22.5. The van der Waals surface area contributed by atoms with Crippen LogP contribution in [0, 0.1) is 17.3 Å². The number of carbonyl (C=O) groups is 3. The lowest BCUT2D eigenvalue weighted by atomic mass is 9.73. The summed E-state index contributed by atoms with van der Waals surface area (Å²) < 4.78 is 5.52. The Balaban J connectivity index is 2.23. The van der Waals surface area contributed by atoms with Gasteiger partial charge in [0.25, 0.3) is 0 Å². The minimum Gasteiger partial charge on any atom is -0.481 e. The fourth-order valence-electron chi connectivity index (χ4n) is 3.68. The number of carboxylic acids is 1. The molecular formula is C25H38O5S3. The van der Waals surface area contributed by atoms with E-state index in [9.17, 15) is 19.5 Å². The number of rotatable bonds is 16. The van der Waals surface area contributed by atoms with Crippen LogP contribution in [0.4, 0.5) is 0 Å². The number of thiocarbonyl (C=S) groups is 1. The highest BCUT2D eigenvalue weighted by Gasteiger charge is 2.54. The van der Waals surface area contributed by atoms with E-state index < -0.39 is 35.2 Å². The molecule has 0 radical (unpaired) electrons. The minimum absolute atomic E-state index is 0.709. The van der Waals surface area contributed by atoms with Gasteiger partial charge in [0.1, 0.15) is 3.53 Å². The molecule has 0 amide bonds. The smallest absolute Gasteiger partial charge is 0.321 e. The van der Waals surface area contributed by atoms with Gasteiger partial charge in [0.05, 0.1) is 17.3 Å². The summed E-state index contributed by atoms with van der Waals surface area (Å²) in [5.41, 5.74) is -1.40. The van der Waals surface area contributed by atoms with E-state index in [0.717, 1.165) is 9.28 Å². The highest BCUT2D eigenvalue weighted by Crippen LogP contribution is 2.39. The molecule has 0 spiro atoms. The van der Waals surface area contributed by atoms with Gasteiger partial charge in [-0.05, 0) is 31.4 Å². The molecule has 0 saturated carbocycles. The third-order valence-corrected chi connectivity index (χ3v) is 8.30. The van der Waals surface area contributed by atoms with E-state index >= 15 is 0 Å². The van der Waals surface area contributed by atoms with Crippen LogP contribution >= 0.6 is 35.7 Å². The zero-order chi connectivity index (χ0) is 24.7. The first-order chi connectivity index (χ1) is 15.7. The van der Waals surface area contributed by atoms with E-state index in [4.69, 9.17) is 12.2 Å². The summed E-state index contributed by atoms with van der Waals surface area (Å²) in [6, 6.07) is 0. The van der Waals surface area contributed by atoms with Gasteiger partial charge in [-0.3, -0.25) is 14.4 Å². The molecule has 33 heavy (non-hydrogen) atoms. The topological polar surface area (TPSA) is 80.7 Å². The molecular weight excluding hydrogens is 476 g/mol. The van der Waals surface area contributed by atoms with E-state index in [1.165, 1.54) is 95.9 Å². The summed E-state index contributed by atoms with van der Waals surface area (Å²) in [7, 11) is 0. The largest absolute Gasteiger partial charge is 0.481 e. The van der Waals surface area contributed by atoms with Crippen molar-refractivity contribution in [2.24, 2.45) is 17.3 Å². The summed E-state index contributed by atoms with van der Waals surface area (Å²) in [5, 5.41) is 11.2. The maximum Gasteiger partial charge on any atom is 0.321 e. The third kappa shape index (κ3) is 11.2. The molecule has 5 nitrogen and oxygen atoms in total. The predicted octanol–water partition coefficient (Wildman–Crippen LogP) is 7.16. The van der Waals surface area contributed by atoms with Crippen LogP contribution in [0.15, 0.2) is 23.6 Å². The van der Waals surface area contributed by atoms with Gasteiger partial charge in [-0.1, -0.05) is 107 Å². The summed E-state index contributed by atoms with van der Waals surface area (Å²) >= 11 is 8.50. The zero-order valence-electron chi connectivity index (χ0n) is 20.0. The molecule has 0 aliphatic carbocycles. The van der Waals surface area contributed by atoms with Crippen molar-refractivity contribution in [3.05, 3.63) is 23.6 Å². The Kier molecular flexibility index (Phi) is 15.0. The van der Waals surface area contributed by atoms with Gasteiger partial charge in [-0.15, -0.1) is 11.8 Å². The highest BCUT2D eigenvalue weighted by molar-refractivity contribution is 8.48. The van der Waals surface area contributed by atoms with Crippen LogP contribution in [0.3, 0.4) is 0 Å². The molecule has 2 unspecified atom stereocenters. The molecule has 0 bridgehead atoms. The molecule has 0 aromatic carbocycles. The molecule has 8 heteroatoms. The van der Waals surface area contributed by atoms with Gasteiger partial charge < -0.3 is 9.84 Å². The van der Waals surface area contributed by atoms with Crippen LogP contribution in [0.1, 0.15) is 85.0 Å². The fourth-order valence-corrected chi connectivity index (χ4v) is 5.58. The van der Waals surface area contributed by atoms with E-state index in [1.54, 1.807) is 23.9 Å². The summed E-state index contributed by atoms with van der Waals surface area (Å²) in [5.74, 6) is -3.57. The van der Waals surface area contributed by atoms with Crippen LogP contribution in [-0.4, -0.2) is 32.3 Å². The molecule has 1 N–H and O–H groups in total. The maximum atomic E-state index is 12.0. The van der Waals surface area contributed by atoms with Crippen LogP contribution in [-0.2, 0) is 19.1 Å². The standard InChI is InChI=1S/C25H38O5S3/c1-4-5-6-7-8-9-10-11-12-14-17-32-24(31)33-18-15-13-16-19-20(22(27)30-21(19)26)25(2,3)23(28)29/h13,15-16,18-20H,4-12,14,17H2,1-3H3,(H,28,29)/b16-13+,18-15+. The SMILES string of the molecule is CCCCCCCCCCCCSC(=S)S/C=C/C=C/C1C(=O)OC(=O)C1C(C)(C)C(=O)O. The Morgan fingerprint density at radius 1 is 1.00 bits per heavy atom. The lowest BCUT2D eigenvalue weighted by Crippen LogP contribution is -2.39. The van der Waals surface area contributed by atoms with Crippen molar-refractivity contribution in [2.45, 2.75) is 85.0 Å². The number of cyclic esters (lactones) is 2. The number of carboxylic acid groups (broad SMARTS) is 1. The number of hydrogen-bond acceptors (Lipinski definition) is 7. The first kappa shape index (κ1) is 29.9. The number of esters is 2. The van der Waals surface area contributed by atoms with E-state index in [1.807, 2.05) is 5.41 Å². The number of aliphatic carboxylic acids is 1. The van der Waals surface area contributed by atoms with E-state index in [0.29, 0.717) is 0 Å². The number of allylic oxidation sites excluding steroid dienone is 2. The van der Waals surface area contributed by atoms with Gasteiger partial charge in [0.2, 0.25) is 0 Å². The number of thioether (sulfide) groups is 2. The monoisotopic (exact) mass is 514 g/mol. The minimum atomic E-state index is -1.40. The number of unbranched alkanes of at least 4 members (excludes halogenated alkanes) is 9. The molecule has 1 saturated heterocycles. The lowest BCUT2D eigenvalue weighted by Gasteiger charge is -2.25. The van der Waals surface area contributed by atoms with Crippen LogP contribution in [0.25, 0.3) is 0 Å². The predicted molar refractivity (Wildman–Crippen MR) is 142 cm³/mol. The van der Waals surface area contributed by atoms with Crippen LogP contribution in [0.5, 0.6) is 0 Å². The van der Waals surface area contributed by atoms with Crippen LogP contribution in [0.2, 0.25) is 0 Å². The van der Waals surface area contributed by atoms with Gasteiger partial charge in [0, 0.05) is 0 Å². The summed E-state index contributed by atoms with van der Waals surface area (Å²) in [6.45, 7) is 5.10. The summed E-state index contributed by atoms with van der Waals surface area (Å²) in [6.07, 6.45) is 18.1. The van der Waals surface area contributed by atoms with Crippen molar-refractivity contribution >= 4 is 57.2 Å². The molecule has 1 fully saturated rings. The Morgan fingerprint density at radius 3 is 2.15 bits per heavy atom. The molecule has 1 aliphatic heterocycles. The molecule has 1 heterocycles. The third-order valence-electron chi connectivity index (χ3n) is 5.81. The van der Waals surface area contributed by atoms with Gasteiger partial charge in [-0.25, -0.2) is 0 Å². The summed E-state index contributed by atoms with van der Waals surface area (Å²) in [4.78, 5) is 35.5. The van der Waals surface area contributed by atoms with Crippen molar-refractivity contribution in [1.29, 1.82) is 0 Å². The van der Waals surface area contributed by atoms with Crippen molar-refractivity contribution in [3.8, 4) is 0 Å².